The monoisotopic (exact) mass is 507 g/mol. The summed E-state index contributed by atoms with van der Waals surface area (Å²) < 4.78 is 6.88. The number of nitrogen functional groups attached to an aromatic ring is 1. The van der Waals surface area contributed by atoms with E-state index in [4.69, 9.17) is 10.5 Å². The Morgan fingerprint density at radius 3 is 2.42 bits per heavy atom. The van der Waals surface area contributed by atoms with Crippen LogP contribution in [-0.4, -0.2) is 28.8 Å². The van der Waals surface area contributed by atoms with Gasteiger partial charge in [-0.1, -0.05) is 48.5 Å². The minimum Gasteiger partial charge on any atom is -0.383 e. The molecule has 3 N–H and O–H groups in total. The number of hydrogen-bond acceptors (Lipinski definition) is 5. The van der Waals surface area contributed by atoms with Gasteiger partial charge in [0.15, 0.2) is 5.78 Å². The number of pyridine rings is 1. The van der Waals surface area contributed by atoms with Crippen LogP contribution in [0.5, 0.6) is 0 Å². The maximum atomic E-state index is 12.7. The van der Waals surface area contributed by atoms with E-state index in [2.05, 4.69) is 38.4 Å². The molecule has 0 saturated heterocycles. The highest BCUT2D eigenvalue weighted by atomic mass is 79.9. The molecule has 1 unspecified atom stereocenters. The van der Waals surface area contributed by atoms with E-state index < -0.39 is 0 Å². The van der Waals surface area contributed by atoms with Gasteiger partial charge in [0.2, 0.25) is 0 Å². The number of nitrogens with two attached hydrogens (primary N) is 1. The fourth-order valence-corrected chi connectivity index (χ4v) is 4.39. The van der Waals surface area contributed by atoms with Crippen molar-refractivity contribution in [2.45, 2.75) is 44.9 Å². The highest BCUT2D eigenvalue weighted by molar-refractivity contribution is 9.10. The predicted octanol–water partition coefficient (Wildman–Crippen LogP) is 5.16. The summed E-state index contributed by atoms with van der Waals surface area (Å²) in [5.74, 6) is 0.0383. The predicted molar refractivity (Wildman–Crippen MR) is 132 cm³/mol. The lowest BCUT2D eigenvalue weighted by Crippen LogP contribution is -2.41. The maximum Gasteiger partial charge on any atom is 0.255 e. The Labute approximate surface area is 201 Å². The molecule has 1 aromatic heterocycles. The van der Waals surface area contributed by atoms with Crippen molar-refractivity contribution in [2.75, 3.05) is 5.73 Å². The number of ketones is 1. The van der Waals surface area contributed by atoms with E-state index in [0.717, 1.165) is 36.0 Å². The number of nitrogens with zero attached hydrogens (tertiary/aromatic N) is 1. The summed E-state index contributed by atoms with van der Waals surface area (Å²) in [6, 6.07) is 17.4. The summed E-state index contributed by atoms with van der Waals surface area (Å²) in [7, 11) is 0. The normalized spacial score (nSPS) is 17.6. The Balaban J connectivity index is 1.34. The molecular formula is C26H26BrN3O3. The number of carbonyl (C=O) groups excluding carboxylic acids is 2. The number of halogens is 1. The Bertz CT molecular complexity index is 1150. The van der Waals surface area contributed by atoms with Crippen LogP contribution in [0, 0.1) is 0 Å². The zero-order chi connectivity index (χ0) is 23.4. The standard InChI is InChI=1S/C26H26BrN3O3/c1-16(31)18-9-11-20(12-10-18)19-7-5-17(6-8-19)15-33-24-4-2-3-23(24)30-26(32)22-13-21(27)14-29-25(22)28/h5-14,23-24H,2-4,15H2,1H3,(H2,28,29)(H,30,32)/t23-,24?/m0/s1. The van der Waals surface area contributed by atoms with Gasteiger partial charge in [-0.3, -0.25) is 9.59 Å². The van der Waals surface area contributed by atoms with E-state index in [1.165, 1.54) is 0 Å². The number of hydrogen-bond donors (Lipinski definition) is 2. The van der Waals surface area contributed by atoms with Gasteiger partial charge in [-0.25, -0.2) is 4.98 Å². The van der Waals surface area contributed by atoms with Crippen molar-refractivity contribution in [1.29, 1.82) is 0 Å². The van der Waals surface area contributed by atoms with Crippen LogP contribution >= 0.6 is 15.9 Å². The molecule has 0 spiro atoms. The topological polar surface area (TPSA) is 94.3 Å². The number of ether oxygens (including phenoxy) is 1. The molecule has 1 amide bonds. The van der Waals surface area contributed by atoms with E-state index in [9.17, 15) is 9.59 Å². The smallest absolute Gasteiger partial charge is 0.255 e. The number of Topliss-reactive ketones (excluding diaryl/α,β-unsaturated/α-hetero) is 1. The van der Waals surface area contributed by atoms with Crippen LogP contribution in [0.2, 0.25) is 0 Å². The van der Waals surface area contributed by atoms with Crippen molar-refractivity contribution in [1.82, 2.24) is 10.3 Å². The molecule has 2 atom stereocenters. The molecule has 1 heterocycles. The van der Waals surface area contributed by atoms with Gasteiger partial charge in [-0.2, -0.15) is 0 Å². The zero-order valence-electron chi connectivity index (χ0n) is 18.4. The Hall–Kier alpha value is -3.03. The van der Waals surface area contributed by atoms with Crippen molar-refractivity contribution in [3.63, 3.8) is 0 Å². The number of amides is 1. The van der Waals surface area contributed by atoms with Gasteiger partial charge < -0.3 is 15.8 Å². The van der Waals surface area contributed by atoms with Crippen molar-refractivity contribution >= 4 is 33.4 Å². The first kappa shape index (κ1) is 23.1. The number of anilines is 1. The molecule has 0 bridgehead atoms. The molecule has 1 aliphatic rings. The van der Waals surface area contributed by atoms with E-state index >= 15 is 0 Å². The van der Waals surface area contributed by atoms with Crippen LogP contribution in [0.15, 0.2) is 65.3 Å². The fourth-order valence-electron chi connectivity index (χ4n) is 4.06. The zero-order valence-corrected chi connectivity index (χ0v) is 20.0. The molecule has 1 aliphatic carbocycles. The van der Waals surface area contributed by atoms with Crippen molar-refractivity contribution < 1.29 is 14.3 Å². The number of nitrogens with one attached hydrogen (secondary N) is 1. The third kappa shape index (κ3) is 5.67. The molecular weight excluding hydrogens is 482 g/mol. The van der Waals surface area contributed by atoms with Crippen LogP contribution < -0.4 is 11.1 Å². The van der Waals surface area contributed by atoms with Gasteiger partial charge in [0.1, 0.15) is 5.82 Å². The SMILES string of the molecule is CC(=O)c1ccc(-c2ccc(COC3CCC[C@@H]3NC(=O)c3cc(Br)cnc3N)cc2)cc1. The summed E-state index contributed by atoms with van der Waals surface area (Å²) in [5, 5.41) is 3.06. The highest BCUT2D eigenvalue weighted by Gasteiger charge is 2.30. The summed E-state index contributed by atoms with van der Waals surface area (Å²) in [6.45, 7) is 2.04. The van der Waals surface area contributed by atoms with Gasteiger partial charge >= 0.3 is 0 Å². The quantitative estimate of drug-likeness (QED) is 0.430. The molecule has 4 rings (SSSR count). The lowest BCUT2D eigenvalue weighted by molar-refractivity contribution is 0.0272. The summed E-state index contributed by atoms with van der Waals surface area (Å²) in [6.07, 6.45) is 4.29. The second-order valence-corrected chi connectivity index (χ2v) is 9.19. The Morgan fingerprint density at radius 2 is 1.76 bits per heavy atom. The number of carbonyl (C=O) groups is 2. The molecule has 1 saturated carbocycles. The van der Waals surface area contributed by atoms with Crippen molar-refractivity contribution in [3.8, 4) is 11.1 Å². The third-order valence-corrected chi connectivity index (χ3v) is 6.38. The lowest BCUT2D eigenvalue weighted by atomic mass is 10.0. The number of rotatable bonds is 7. The Morgan fingerprint density at radius 1 is 1.09 bits per heavy atom. The Kier molecular flexibility index (Phi) is 7.20. The molecule has 7 heteroatoms. The number of benzene rings is 2. The van der Waals surface area contributed by atoms with Crippen molar-refractivity contribution in [2.24, 2.45) is 0 Å². The minimum atomic E-state index is -0.234. The maximum absolute atomic E-state index is 12.7. The lowest BCUT2D eigenvalue weighted by Gasteiger charge is -2.22. The molecule has 6 nitrogen and oxygen atoms in total. The van der Waals surface area contributed by atoms with Crippen molar-refractivity contribution in [3.05, 3.63) is 82.0 Å². The summed E-state index contributed by atoms with van der Waals surface area (Å²) >= 11 is 3.33. The molecule has 0 radical (unpaired) electrons. The van der Waals surface area contributed by atoms with E-state index in [1.54, 1.807) is 19.2 Å². The fraction of sp³-hybridized carbons (Fsp3) is 0.269. The second-order valence-electron chi connectivity index (χ2n) is 8.28. The first-order valence-electron chi connectivity index (χ1n) is 10.9. The van der Waals surface area contributed by atoms with Crippen LogP contribution in [0.4, 0.5) is 5.82 Å². The van der Waals surface area contributed by atoms with E-state index in [-0.39, 0.29) is 29.7 Å². The molecule has 33 heavy (non-hydrogen) atoms. The highest BCUT2D eigenvalue weighted by Crippen LogP contribution is 2.26. The van der Waals surface area contributed by atoms with Crippen LogP contribution in [0.25, 0.3) is 11.1 Å². The minimum absolute atomic E-state index is 0.0471. The van der Waals surface area contributed by atoms with Gasteiger partial charge in [0.25, 0.3) is 5.91 Å². The van der Waals surface area contributed by atoms with Crippen LogP contribution in [0.1, 0.15) is 52.5 Å². The van der Waals surface area contributed by atoms with Gasteiger partial charge in [-0.15, -0.1) is 0 Å². The molecule has 2 aromatic carbocycles. The molecule has 170 valence electrons. The molecule has 0 aliphatic heterocycles. The number of aromatic nitrogens is 1. The first-order valence-corrected chi connectivity index (χ1v) is 11.7. The average Bonchev–Trinajstić information content (AvgIpc) is 3.26. The second kappa shape index (κ2) is 10.3. The van der Waals surface area contributed by atoms with E-state index in [1.807, 2.05) is 36.4 Å². The first-order chi connectivity index (χ1) is 15.9. The average molecular weight is 508 g/mol. The van der Waals surface area contributed by atoms with Crippen LogP contribution in [0.3, 0.4) is 0 Å². The largest absolute Gasteiger partial charge is 0.383 e. The third-order valence-electron chi connectivity index (χ3n) is 5.94. The van der Waals surface area contributed by atoms with Gasteiger partial charge in [-0.05, 0) is 64.9 Å². The molecule has 3 aromatic rings. The van der Waals surface area contributed by atoms with Gasteiger partial charge in [0.05, 0.1) is 24.3 Å². The summed E-state index contributed by atoms with van der Waals surface area (Å²) in [5.41, 5.74) is 10.2. The molecule has 1 fully saturated rings. The van der Waals surface area contributed by atoms with E-state index in [0.29, 0.717) is 22.2 Å². The van der Waals surface area contributed by atoms with Gasteiger partial charge in [0, 0.05) is 16.2 Å². The van der Waals surface area contributed by atoms with Crippen LogP contribution in [-0.2, 0) is 11.3 Å². The summed E-state index contributed by atoms with van der Waals surface area (Å²) in [4.78, 5) is 28.2.